The van der Waals surface area contributed by atoms with Crippen molar-refractivity contribution in [3.8, 4) is 17.5 Å². The fraction of sp³-hybridized carbons (Fsp3) is 0.263. The standard InChI is InChI=1S/C19H15F3N2O3S/c20-19(21,22)11-6-7-23-15(9-11)27-12-4-5-13-10(8-12)2-1-3-14(13)16-17(25)24-18(26)28-16/h4-9,14,25H,1-3H2,(H,24,26)/t14-/m0/s1. The van der Waals surface area contributed by atoms with Crippen molar-refractivity contribution < 1.29 is 23.0 Å². The minimum Gasteiger partial charge on any atom is -0.494 e. The number of halogens is 3. The van der Waals surface area contributed by atoms with Crippen LogP contribution in [0.1, 0.15) is 40.3 Å². The lowest BCUT2D eigenvalue weighted by atomic mass is 9.82. The molecular weight excluding hydrogens is 393 g/mol. The zero-order valence-electron chi connectivity index (χ0n) is 14.4. The van der Waals surface area contributed by atoms with Crippen molar-refractivity contribution in [2.75, 3.05) is 0 Å². The third kappa shape index (κ3) is 3.62. The number of alkyl halides is 3. The van der Waals surface area contributed by atoms with Crippen LogP contribution in [0, 0.1) is 0 Å². The maximum atomic E-state index is 12.8. The van der Waals surface area contributed by atoms with E-state index in [1.54, 1.807) is 12.1 Å². The second-order valence-corrected chi connectivity index (χ2v) is 7.53. The molecule has 2 heterocycles. The molecule has 0 amide bonds. The van der Waals surface area contributed by atoms with Gasteiger partial charge in [-0.05, 0) is 48.6 Å². The molecule has 1 aromatic carbocycles. The highest BCUT2D eigenvalue weighted by Crippen LogP contribution is 2.42. The third-order valence-corrected chi connectivity index (χ3v) is 5.67. The number of benzene rings is 1. The molecule has 1 aliphatic rings. The third-order valence-electron chi connectivity index (χ3n) is 4.69. The van der Waals surface area contributed by atoms with Gasteiger partial charge >= 0.3 is 11.0 Å². The molecule has 5 nitrogen and oxygen atoms in total. The number of nitrogens with zero attached hydrogens (tertiary/aromatic N) is 1. The summed E-state index contributed by atoms with van der Waals surface area (Å²) in [6.45, 7) is 0. The molecule has 3 aromatic rings. The van der Waals surface area contributed by atoms with Crippen LogP contribution in [0.3, 0.4) is 0 Å². The Morgan fingerprint density at radius 1 is 1.25 bits per heavy atom. The molecule has 2 N–H and O–H groups in total. The van der Waals surface area contributed by atoms with Crippen LogP contribution in [-0.2, 0) is 12.6 Å². The van der Waals surface area contributed by atoms with E-state index in [0.29, 0.717) is 10.6 Å². The fourth-order valence-corrected chi connectivity index (χ4v) is 4.34. The van der Waals surface area contributed by atoms with Crippen LogP contribution in [-0.4, -0.2) is 15.1 Å². The van der Waals surface area contributed by atoms with Crippen molar-refractivity contribution in [1.82, 2.24) is 9.97 Å². The number of hydrogen-bond donors (Lipinski definition) is 2. The van der Waals surface area contributed by atoms with Crippen LogP contribution in [0.5, 0.6) is 17.5 Å². The number of thiazole rings is 1. The van der Waals surface area contributed by atoms with E-state index < -0.39 is 11.7 Å². The first kappa shape index (κ1) is 18.5. The van der Waals surface area contributed by atoms with Gasteiger partial charge in [-0.3, -0.25) is 9.78 Å². The SMILES string of the molecule is O=c1[nH]c(O)c([C@H]2CCCc3cc(Oc4cc(C(F)(F)F)ccn4)ccc32)s1. The van der Waals surface area contributed by atoms with E-state index in [-0.39, 0.29) is 22.6 Å². The van der Waals surface area contributed by atoms with Crippen LogP contribution in [0.15, 0.2) is 41.3 Å². The van der Waals surface area contributed by atoms with E-state index in [0.717, 1.165) is 60.1 Å². The van der Waals surface area contributed by atoms with E-state index in [2.05, 4.69) is 9.97 Å². The predicted molar refractivity (Wildman–Crippen MR) is 97.1 cm³/mol. The minimum absolute atomic E-state index is 0.103. The molecule has 0 aliphatic heterocycles. The van der Waals surface area contributed by atoms with Gasteiger partial charge in [-0.15, -0.1) is 0 Å². The van der Waals surface area contributed by atoms with Crippen LogP contribution >= 0.6 is 11.3 Å². The highest BCUT2D eigenvalue weighted by molar-refractivity contribution is 7.09. The van der Waals surface area contributed by atoms with Crippen molar-refractivity contribution in [1.29, 1.82) is 0 Å². The number of H-pyrrole nitrogens is 1. The van der Waals surface area contributed by atoms with Crippen LogP contribution in [0.4, 0.5) is 13.2 Å². The van der Waals surface area contributed by atoms with E-state index in [9.17, 15) is 23.1 Å². The van der Waals surface area contributed by atoms with Gasteiger partial charge in [-0.1, -0.05) is 17.4 Å². The second kappa shape index (κ2) is 6.97. The lowest BCUT2D eigenvalue weighted by Crippen LogP contribution is -2.10. The van der Waals surface area contributed by atoms with Crippen molar-refractivity contribution in [3.63, 3.8) is 0 Å². The van der Waals surface area contributed by atoms with E-state index >= 15 is 0 Å². The molecule has 9 heteroatoms. The van der Waals surface area contributed by atoms with Crippen molar-refractivity contribution in [3.05, 3.63) is 67.8 Å². The molecule has 0 bridgehead atoms. The number of aryl methyl sites for hydroxylation is 1. The molecule has 0 radical (unpaired) electrons. The van der Waals surface area contributed by atoms with E-state index in [1.165, 1.54) is 0 Å². The highest BCUT2D eigenvalue weighted by Gasteiger charge is 2.31. The summed E-state index contributed by atoms with van der Waals surface area (Å²) in [7, 11) is 0. The maximum absolute atomic E-state index is 12.8. The molecule has 0 fully saturated rings. The zero-order valence-corrected chi connectivity index (χ0v) is 15.2. The van der Waals surface area contributed by atoms with Crippen molar-refractivity contribution in [2.24, 2.45) is 0 Å². The predicted octanol–water partition coefficient (Wildman–Crippen LogP) is 4.82. The molecule has 1 aliphatic carbocycles. The molecule has 146 valence electrons. The fourth-order valence-electron chi connectivity index (χ4n) is 3.46. The summed E-state index contributed by atoms with van der Waals surface area (Å²) in [6, 6.07) is 7.00. The van der Waals surface area contributed by atoms with Gasteiger partial charge in [-0.2, -0.15) is 13.2 Å². The molecule has 0 saturated heterocycles. The average Bonchev–Trinajstić information content (AvgIpc) is 2.98. The number of aromatic hydroxyl groups is 1. The number of aromatic nitrogens is 2. The number of aromatic amines is 1. The number of hydrogen-bond acceptors (Lipinski definition) is 5. The van der Waals surface area contributed by atoms with Crippen molar-refractivity contribution >= 4 is 11.3 Å². The van der Waals surface area contributed by atoms with Crippen LogP contribution < -0.4 is 9.61 Å². The first-order chi connectivity index (χ1) is 13.3. The summed E-state index contributed by atoms with van der Waals surface area (Å²) in [4.78, 5) is 18.0. The lowest BCUT2D eigenvalue weighted by Gasteiger charge is -2.25. The summed E-state index contributed by atoms with van der Waals surface area (Å²) >= 11 is 0.986. The number of nitrogens with one attached hydrogen (secondary N) is 1. The summed E-state index contributed by atoms with van der Waals surface area (Å²) in [5, 5.41) is 9.98. The largest absolute Gasteiger partial charge is 0.494 e. The number of rotatable bonds is 3. The number of ether oxygens (including phenoxy) is 1. The minimum atomic E-state index is -4.47. The first-order valence-electron chi connectivity index (χ1n) is 8.57. The van der Waals surface area contributed by atoms with Gasteiger partial charge in [0.25, 0.3) is 0 Å². The lowest BCUT2D eigenvalue weighted by molar-refractivity contribution is -0.137. The Morgan fingerprint density at radius 2 is 2.07 bits per heavy atom. The van der Waals surface area contributed by atoms with Gasteiger partial charge in [-0.25, -0.2) is 4.98 Å². The molecule has 2 aromatic heterocycles. The molecule has 0 unspecified atom stereocenters. The molecule has 1 atom stereocenters. The van der Waals surface area contributed by atoms with Gasteiger partial charge in [0.2, 0.25) is 11.8 Å². The summed E-state index contributed by atoms with van der Waals surface area (Å²) < 4.78 is 44.1. The maximum Gasteiger partial charge on any atom is 0.416 e. The Kier molecular flexibility index (Phi) is 4.62. The van der Waals surface area contributed by atoms with Gasteiger partial charge in [0.1, 0.15) is 5.75 Å². The molecule has 0 saturated carbocycles. The first-order valence-corrected chi connectivity index (χ1v) is 9.39. The van der Waals surface area contributed by atoms with Gasteiger partial charge in [0.05, 0.1) is 10.4 Å². The van der Waals surface area contributed by atoms with E-state index in [1.807, 2.05) is 6.07 Å². The Labute approximate surface area is 161 Å². The molecule has 0 spiro atoms. The quantitative estimate of drug-likeness (QED) is 0.652. The van der Waals surface area contributed by atoms with Crippen LogP contribution in [0.2, 0.25) is 0 Å². The molecule has 28 heavy (non-hydrogen) atoms. The van der Waals surface area contributed by atoms with Crippen molar-refractivity contribution in [2.45, 2.75) is 31.4 Å². The van der Waals surface area contributed by atoms with Crippen LogP contribution in [0.25, 0.3) is 0 Å². The Hall–Kier alpha value is -2.81. The van der Waals surface area contributed by atoms with Gasteiger partial charge < -0.3 is 9.84 Å². The van der Waals surface area contributed by atoms with Gasteiger partial charge in [0.15, 0.2) is 0 Å². The molecular formula is C19H15F3N2O3S. The summed E-state index contributed by atoms with van der Waals surface area (Å²) in [5.41, 5.74) is 1.12. The monoisotopic (exact) mass is 408 g/mol. The normalized spacial score (nSPS) is 16.6. The molecule has 4 rings (SSSR count). The highest BCUT2D eigenvalue weighted by atomic mass is 32.1. The summed E-state index contributed by atoms with van der Waals surface area (Å²) in [6.07, 6.45) is -0.981. The summed E-state index contributed by atoms with van der Waals surface area (Å²) in [5.74, 6) is 0.0381. The average molecular weight is 408 g/mol. The smallest absolute Gasteiger partial charge is 0.416 e. The Morgan fingerprint density at radius 3 is 2.79 bits per heavy atom. The van der Waals surface area contributed by atoms with E-state index in [4.69, 9.17) is 4.74 Å². The number of pyridine rings is 1. The Balaban J connectivity index is 1.63. The second-order valence-electron chi connectivity index (χ2n) is 6.52. The number of fused-ring (bicyclic) bond motifs is 1. The zero-order chi connectivity index (χ0) is 19.9. The Bertz CT molecular complexity index is 1070. The van der Waals surface area contributed by atoms with Gasteiger partial charge in [0, 0.05) is 18.2 Å². The topological polar surface area (TPSA) is 75.2 Å².